The molecule has 3 rings (SSSR count). The van der Waals surface area contributed by atoms with Gasteiger partial charge < -0.3 is 5.32 Å². The number of nitrogens with one attached hydrogen (secondary N) is 2. The first-order valence-corrected chi connectivity index (χ1v) is 10.4. The lowest BCUT2D eigenvalue weighted by atomic mass is 10.1. The SMILES string of the molecule is O=C(Nc1ccccc1)C(Cc1ccccc1)NS(=O)(=O)c1cccs1. The van der Waals surface area contributed by atoms with Crippen LogP contribution in [0.2, 0.25) is 0 Å². The highest BCUT2D eigenvalue weighted by molar-refractivity contribution is 7.91. The highest BCUT2D eigenvalue weighted by Crippen LogP contribution is 2.17. The van der Waals surface area contributed by atoms with E-state index < -0.39 is 22.0 Å². The Morgan fingerprint density at radius 1 is 0.923 bits per heavy atom. The van der Waals surface area contributed by atoms with Crippen molar-refractivity contribution in [2.45, 2.75) is 16.7 Å². The molecule has 1 heterocycles. The molecule has 0 radical (unpaired) electrons. The number of hydrogen-bond acceptors (Lipinski definition) is 4. The van der Waals surface area contributed by atoms with Crippen molar-refractivity contribution in [3.05, 3.63) is 83.7 Å². The van der Waals surface area contributed by atoms with Gasteiger partial charge in [0.2, 0.25) is 5.91 Å². The van der Waals surface area contributed by atoms with Gasteiger partial charge in [-0.25, -0.2) is 8.42 Å². The Morgan fingerprint density at radius 3 is 2.19 bits per heavy atom. The summed E-state index contributed by atoms with van der Waals surface area (Å²) in [5.74, 6) is -0.403. The van der Waals surface area contributed by atoms with Gasteiger partial charge in [-0.05, 0) is 35.6 Å². The van der Waals surface area contributed by atoms with Crippen LogP contribution in [0.1, 0.15) is 5.56 Å². The molecule has 1 aromatic heterocycles. The number of rotatable bonds is 7. The van der Waals surface area contributed by atoms with E-state index in [0.29, 0.717) is 5.69 Å². The summed E-state index contributed by atoms with van der Waals surface area (Å²) in [6.45, 7) is 0. The van der Waals surface area contributed by atoms with E-state index in [2.05, 4.69) is 10.0 Å². The zero-order chi connectivity index (χ0) is 18.4. The van der Waals surface area contributed by atoms with E-state index in [1.165, 1.54) is 6.07 Å². The van der Waals surface area contributed by atoms with Crippen molar-refractivity contribution >= 4 is 33.0 Å². The van der Waals surface area contributed by atoms with Gasteiger partial charge >= 0.3 is 0 Å². The highest BCUT2D eigenvalue weighted by Gasteiger charge is 2.26. The lowest BCUT2D eigenvalue weighted by Gasteiger charge is -2.18. The minimum Gasteiger partial charge on any atom is -0.325 e. The molecule has 0 fully saturated rings. The maximum atomic E-state index is 12.7. The summed E-state index contributed by atoms with van der Waals surface area (Å²) >= 11 is 1.11. The fourth-order valence-electron chi connectivity index (χ4n) is 2.45. The molecule has 0 bridgehead atoms. The second-order valence-electron chi connectivity index (χ2n) is 5.65. The third kappa shape index (κ3) is 4.78. The van der Waals surface area contributed by atoms with E-state index >= 15 is 0 Å². The van der Waals surface area contributed by atoms with Crippen LogP contribution in [0.3, 0.4) is 0 Å². The summed E-state index contributed by atoms with van der Waals surface area (Å²) < 4.78 is 27.9. The molecule has 5 nitrogen and oxygen atoms in total. The van der Waals surface area contributed by atoms with Crippen molar-refractivity contribution in [1.82, 2.24) is 4.72 Å². The molecule has 0 saturated carbocycles. The Morgan fingerprint density at radius 2 is 1.58 bits per heavy atom. The highest BCUT2D eigenvalue weighted by atomic mass is 32.2. The zero-order valence-corrected chi connectivity index (χ0v) is 15.5. The Hall–Kier alpha value is -2.48. The number of benzene rings is 2. The summed E-state index contributed by atoms with van der Waals surface area (Å²) in [6.07, 6.45) is 0.254. The molecule has 0 aliphatic carbocycles. The maximum Gasteiger partial charge on any atom is 0.250 e. The van der Waals surface area contributed by atoms with Gasteiger partial charge in [0.05, 0.1) is 0 Å². The van der Waals surface area contributed by atoms with E-state index in [1.807, 2.05) is 36.4 Å². The van der Waals surface area contributed by atoms with Crippen molar-refractivity contribution < 1.29 is 13.2 Å². The van der Waals surface area contributed by atoms with Crippen LogP contribution in [0.4, 0.5) is 5.69 Å². The average molecular weight is 386 g/mol. The van der Waals surface area contributed by atoms with Crippen LogP contribution >= 0.6 is 11.3 Å². The molecule has 0 aliphatic rings. The van der Waals surface area contributed by atoms with Crippen LogP contribution in [-0.4, -0.2) is 20.4 Å². The van der Waals surface area contributed by atoms with Crippen LogP contribution in [0.25, 0.3) is 0 Å². The lowest BCUT2D eigenvalue weighted by Crippen LogP contribution is -2.45. The molecule has 2 aromatic carbocycles. The van der Waals surface area contributed by atoms with Crippen molar-refractivity contribution in [2.75, 3.05) is 5.32 Å². The fourth-order valence-corrected chi connectivity index (χ4v) is 4.66. The number of thiophene rings is 1. The maximum absolute atomic E-state index is 12.7. The summed E-state index contributed by atoms with van der Waals surface area (Å²) in [5, 5.41) is 4.45. The van der Waals surface area contributed by atoms with Gasteiger partial charge in [0.15, 0.2) is 0 Å². The molecule has 0 saturated heterocycles. The monoisotopic (exact) mass is 386 g/mol. The Bertz CT molecular complexity index is 941. The van der Waals surface area contributed by atoms with Crippen LogP contribution in [0.5, 0.6) is 0 Å². The van der Waals surface area contributed by atoms with Gasteiger partial charge in [-0.2, -0.15) is 4.72 Å². The largest absolute Gasteiger partial charge is 0.325 e. The molecule has 1 unspecified atom stereocenters. The molecule has 7 heteroatoms. The summed E-state index contributed by atoms with van der Waals surface area (Å²) in [5.41, 5.74) is 1.49. The normalized spacial score (nSPS) is 12.5. The molecule has 0 spiro atoms. The topological polar surface area (TPSA) is 75.3 Å². The van der Waals surface area contributed by atoms with E-state index in [4.69, 9.17) is 0 Å². The van der Waals surface area contributed by atoms with E-state index in [1.54, 1.807) is 35.7 Å². The number of carbonyl (C=O) groups excluding carboxylic acids is 1. The molecular weight excluding hydrogens is 368 g/mol. The van der Waals surface area contributed by atoms with Gasteiger partial charge in [-0.3, -0.25) is 4.79 Å². The lowest BCUT2D eigenvalue weighted by molar-refractivity contribution is -0.117. The molecule has 1 atom stereocenters. The van der Waals surface area contributed by atoms with Crippen molar-refractivity contribution in [3.8, 4) is 0 Å². The van der Waals surface area contributed by atoms with Gasteiger partial charge in [0.1, 0.15) is 10.3 Å². The summed E-state index contributed by atoms with van der Waals surface area (Å²) in [4.78, 5) is 12.7. The van der Waals surface area contributed by atoms with Crippen molar-refractivity contribution in [1.29, 1.82) is 0 Å². The summed E-state index contributed by atoms with van der Waals surface area (Å²) in [7, 11) is -3.77. The molecule has 26 heavy (non-hydrogen) atoms. The van der Waals surface area contributed by atoms with Crippen molar-refractivity contribution in [3.63, 3.8) is 0 Å². The number of carbonyl (C=O) groups is 1. The predicted molar refractivity (Wildman–Crippen MR) is 104 cm³/mol. The zero-order valence-electron chi connectivity index (χ0n) is 13.8. The second-order valence-corrected chi connectivity index (χ2v) is 8.54. The van der Waals surface area contributed by atoms with E-state index in [0.717, 1.165) is 16.9 Å². The van der Waals surface area contributed by atoms with E-state index in [9.17, 15) is 13.2 Å². The number of sulfonamides is 1. The molecule has 134 valence electrons. The summed E-state index contributed by atoms with van der Waals surface area (Å²) in [6, 6.07) is 20.5. The van der Waals surface area contributed by atoms with E-state index in [-0.39, 0.29) is 10.6 Å². The number of para-hydroxylation sites is 1. The van der Waals surface area contributed by atoms with Gasteiger partial charge in [0.25, 0.3) is 10.0 Å². The first-order chi connectivity index (χ1) is 12.5. The third-order valence-electron chi connectivity index (χ3n) is 3.70. The Labute approximate surface area is 156 Å². The smallest absolute Gasteiger partial charge is 0.250 e. The van der Waals surface area contributed by atoms with Gasteiger partial charge in [-0.15, -0.1) is 11.3 Å². The standard InChI is InChI=1S/C19H18N2O3S2/c22-19(20-16-10-5-2-6-11-16)17(14-15-8-3-1-4-9-15)21-26(23,24)18-12-7-13-25-18/h1-13,17,21H,14H2,(H,20,22). The fraction of sp³-hybridized carbons (Fsp3) is 0.105. The average Bonchev–Trinajstić information content (AvgIpc) is 3.18. The number of anilines is 1. The quantitative estimate of drug-likeness (QED) is 0.654. The molecule has 0 aliphatic heterocycles. The minimum absolute atomic E-state index is 0.183. The Kier molecular flexibility index (Phi) is 5.82. The first kappa shape index (κ1) is 18.3. The molecule has 1 amide bonds. The van der Waals surface area contributed by atoms with Crippen LogP contribution < -0.4 is 10.0 Å². The van der Waals surface area contributed by atoms with Crippen LogP contribution in [0, 0.1) is 0 Å². The number of amides is 1. The number of hydrogen-bond donors (Lipinski definition) is 2. The van der Waals surface area contributed by atoms with Crippen LogP contribution in [0.15, 0.2) is 82.4 Å². The third-order valence-corrected chi connectivity index (χ3v) is 6.57. The predicted octanol–water partition coefficient (Wildman–Crippen LogP) is 3.28. The molecule has 3 aromatic rings. The first-order valence-electron chi connectivity index (χ1n) is 8.00. The van der Waals surface area contributed by atoms with Crippen molar-refractivity contribution in [2.24, 2.45) is 0 Å². The van der Waals surface area contributed by atoms with Gasteiger partial charge in [-0.1, -0.05) is 54.6 Å². The molecular formula is C19H18N2O3S2. The van der Waals surface area contributed by atoms with Gasteiger partial charge in [0, 0.05) is 5.69 Å². The minimum atomic E-state index is -3.77. The Balaban J connectivity index is 1.82. The second kappa shape index (κ2) is 8.27. The van der Waals surface area contributed by atoms with Crippen LogP contribution in [-0.2, 0) is 21.2 Å². The molecule has 2 N–H and O–H groups in total.